The number of piperidine rings is 1. The van der Waals surface area contributed by atoms with Crippen LogP contribution in [0.2, 0.25) is 0 Å². The molecule has 0 bridgehead atoms. The van der Waals surface area contributed by atoms with Crippen molar-refractivity contribution < 1.29 is 9.53 Å². The van der Waals surface area contributed by atoms with E-state index in [1.807, 2.05) is 70.7 Å². The molecule has 6 rings (SSSR count). The van der Waals surface area contributed by atoms with Crippen LogP contribution in [0.5, 0.6) is 11.6 Å². The van der Waals surface area contributed by atoms with Crippen LogP contribution >= 0.6 is 0 Å². The molecule has 1 saturated heterocycles. The van der Waals surface area contributed by atoms with Crippen molar-refractivity contribution in [3.63, 3.8) is 0 Å². The van der Waals surface area contributed by atoms with Crippen LogP contribution in [0.25, 0.3) is 33.4 Å². The van der Waals surface area contributed by atoms with Gasteiger partial charge in [0.1, 0.15) is 23.5 Å². The number of nitrogens with zero attached hydrogens (tertiary/aromatic N) is 7. The summed E-state index contributed by atoms with van der Waals surface area (Å²) >= 11 is 0. The van der Waals surface area contributed by atoms with Crippen LogP contribution in [-0.4, -0.2) is 53.2 Å². The maximum absolute atomic E-state index is 12.0. The Kier molecular flexibility index (Phi) is 6.51. The van der Waals surface area contributed by atoms with Crippen LogP contribution in [0.4, 0.5) is 5.82 Å². The van der Waals surface area contributed by atoms with E-state index in [9.17, 15) is 4.79 Å². The molecule has 1 aliphatic heterocycles. The van der Waals surface area contributed by atoms with E-state index in [2.05, 4.69) is 27.7 Å². The smallest absolute Gasteiger partial charge is 0.245 e. The van der Waals surface area contributed by atoms with E-state index in [4.69, 9.17) is 15.6 Å². The Hall–Kier alpha value is -4.99. The average molecular weight is 535 g/mol. The van der Waals surface area contributed by atoms with Gasteiger partial charge >= 0.3 is 0 Å². The number of likely N-dealkylation sites (tertiary alicyclic amines) is 1. The zero-order valence-electron chi connectivity index (χ0n) is 22.5. The third-order valence-corrected chi connectivity index (χ3v) is 7.45. The summed E-state index contributed by atoms with van der Waals surface area (Å²) in [6.07, 6.45) is 10.2. The van der Waals surface area contributed by atoms with Gasteiger partial charge in [0.05, 0.1) is 23.3 Å². The Balaban J connectivity index is 1.36. The predicted octanol–water partition coefficient (Wildman–Crippen LogP) is 4.93. The minimum atomic E-state index is -0.0231. The molecule has 202 valence electrons. The van der Waals surface area contributed by atoms with E-state index in [0.29, 0.717) is 30.5 Å². The van der Waals surface area contributed by atoms with Crippen molar-refractivity contribution in [2.75, 3.05) is 18.8 Å². The van der Waals surface area contributed by atoms with Crippen molar-refractivity contribution in [3.05, 3.63) is 79.5 Å². The topological polar surface area (TPSA) is 117 Å². The highest BCUT2D eigenvalue weighted by Crippen LogP contribution is 2.42. The number of rotatable bonds is 6. The summed E-state index contributed by atoms with van der Waals surface area (Å²) in [5.74, 6) is 1.62. The third kappa shape index (κ3) is 4.57. The number of anilines is 1. The molecule has 0 atom stereocenters. The minimum absolute atomic E-state index is 0.0231. The molecule has 1 amide bonds. The molecule has 0 aliphatic carbocycles. The summed E-state index contributed by atoms with van der Waals surface area (Å²) in [5.41, 5.74) is 12.0. The zero-order valence-corrected chi connectivity index (χ0v) is 22.5. The normalized spacial score (nSPS) is 14.0. The average Bonchev–Trinajstić information content (AvgIpc) is 3.57. The largest absolute Gasteiger partial charge is 0.439 e. The molecule has 10 heteroatoms. The molecular formula is C30H30N8O2. The van der Waals surface area contributed by atoms with Crippen LogP contribution in [0.3, 0.4) is 0 Å². The number of carbonyl (C=O) groups is 1. The van der Waals surface area contributed by atoms with Gasteiger partial charge in [0, 0.05) is 49.7 Å². The first kappa shape index (κ1) is 25.3. The van der Waals surface area contributed by atoms with Gasteiger partial charge in [0.2, 0.25) is 11.8 Å². The number of hydrogen-bond acceptors (Lipinski definition) is 7. The van der Waals surface area contributed by atoms with Crippen molar-refractivity contribution in [3.8, 4) is 34.0 Å². The van der Waals surface area contributed by atoms with Crippen LogP contribution in [0.15, 0.2) is 74.0 Å². The molecule has 0 saturated carbocycles. The molecule has 1 fully saturated rings. The van der Waals surface area contributed by atoms with E-state index < -0.39 is 0 Å². The van der Waals surface area contributed by atoms with E-state index in [1.165, 1.54) is 12.4 Å². The lowest BCUT2D eigenvalue weighted by Gasteiger charge is -2.31. The van der Waals surface area contributed by atoms with E-state index >= 15 is 0 Å². The van der Waals surface area contributed by atoms with Gasteiger partial charge in [-0.3, -0.25) is 9.48 Å². The fourth-order valence-corrected chi connectivity index (χ4v) is 5.41. The summed E-state index contributed by atoms with van der Waals surface area (Å²) in [5, 5.41) is 5.52. The molecule has 0 unspecified atom stereocenters. The summed E-state index contributed by atoms with van der Waals surface area (Å²) in [7, 11) is 1.98. The van der Waals surface area contributed by atoms with Gasteiger partial charge in [0.15, 0.2) is 0 Å². The van der Waals surface area contributed by atoms with Crippen molar-refractivity contribution >= 4 is 22.8 Å². The third-order valence-electron chi connectivity index (χ3n) is 7.45. The van der Waals surface area contributed by atoms with Gasteiger partial charge in [-0.05, 0) is 55.2 Å². The van der Waals surface area contributed by atoms with Gasteiger partial charge in [-0.2, -0.15) is 5.10 Å². The zero-order chi connectivity index (χ0) is 27.8. The number of aryl methyl sites for hydroxylation is 2. The summed E-state index contributed by atoms with van der Waals surface area (Å²) in [6, 6.07) is 11.9. The predicted molar refractivity (Wildman–Crippen MR) is 154 cm³/mol. The quantitative estimate of drug-likeness (QED) is 0.307. The number of carbonyl (C=O) groups excluding carboxylic acids is 1. The van der Waals surface area contributed by atoms with Crippen LogP contribution in [0.1, 0.15) is 24.4 Å². The molecule has 10 nitrogen and oxygen atoms in total. The van der Waals surface area contributed by atoms with Gasteiger partial charge < -0.3 is 19.9 Å². The number of nitrogens with two attached hydrogens (primary N) is 1. The number of ether oxygens (including phenoxy) is 1. The monoisotopic (exact) mass is 534 g/mol. The maximum Gasteiger partial charge on any atom is 0.245 e. The number of pyridine rings is 1. The Morgan fingerprint density at radius 2 is 1.88 bits per heavy atom. The van der Waals surface area contributed by atoms with E-state index in [1.54, 1.807) is 6.20 Å². The number of amides is 1. The van der Waals surface area contributed by atoms with Gasteiger partial charge in [0.25, 0.3) is 0 Å². The molecule has 0 spiro atoms. The van der Waals surface area contributed by atoms with Crippen LogP contribution in [-0.2, 0) is 11.8 Å². The van der Waals surface area contributed by atoms with Gasteiger partial charge in [-0.15, -0.1) is 0 Å². The Morgan fingerprint density at radius 1 is 1.10 bits per heavy atom. The standard InChI is InChI=1S/C30H30N8O2/c1-4-25(39)37-13-10-22(11-14-37)38-17-21(16-35-38)28-26(27-29(31)33-18-34-30(27)36(28)3)20-5-7-23(8-6-20)40-24-15-19(2)9-12-32-24/h4-9,12,15-18,22H,1,10-11,13-14H2,2-3H3,(H2,31,33,34). The number of hydrogen-bond donors (Lipinski definition) is 1. The second kappa shape index (κ2) is 10.3. The lowest BCUT2D eigenvalue weighted by Crippen LogP contribution is -2.38. The minimum Gasteiger partial charge on any atom is -0.439 e. The molecule has 0 radical (unpaired) electrons. The SMILES string of the molecule is C=CC(=O)N1CCC(n2cc(-c3c(-c4ccc(Oc5cc(C)ccn5)cc4)c4c(N)ncnc4n3C)cn2)CC1. The summed E-state index contributed by atoms with van der Waals surface area (Å²) < 4.78 is 10.0. The van der Waals surface area contributed by atoms with Crippen molar-refractivity contribution in [1.82, 2.24) is 34.2 Å². The summed E-state index contributed by atoms with van der Waals surface area (Å²) in [4.78, 5) is 27.0. The molecular weight excluding hydrogens is 504 g/mol. The first-order valence-corrected chi connectivity index (χ1v) is 13.2. The highest BCUT2D eigenvalue weighted by Gasteiger charge is 2.26. The van der Waals surface area contributed by atoms with Gasteiger partial charge in [-0.25, -0.2) is 15.0 Å². The highest BCUT2D eigenvalue weighted by molar-refractivity contribution is 6.07. The fourth-order valence-electron chi connectivity index (χ4n) is 5.41. The molecule has 40 heavy (non-hydrogen) atoms. The number of nitrogen functional groups attached to an aromatic ring is 1. The van der Waals surface area contributed by atoms with Crippen molar-refractivity contribution in [2.45, 2.75) is 25.8 Å². The Labute approximate surface area is 231 Å². The van der Waals surface area contributed by atoms with E-state index in [-0.39, 0.29) is 11.9 Å². The second-order valence-corrected chi connectivity index (χ2v) is 10.0. The van der Waals surface area contributed by atoms with Crippen LogP contribution < -0.4 is 10.5 Å². The number of benzene rings is 1. The first-order chi connectivity index (χ1) is 19.4. The Bertz CT molecular complexity index is 1710. The maximum atomic E-state index is 12.0. The molecule has 2 N–H and O–H groups in total. The second-order valence-electron chi connectivity index (χ2n) is 10.0. The Morgan fingerprint density at radius 3 is 2.60 bits per heavy atom. The van der Waals surface area contributed by atoms with Crippen molar-refractivity contribution in [1.29, 1.82) is 0 Å². The fraction of sp³-hybridized carbons (Fsp3) is 0.233. The highest BCUT2D eigenvalue weighted by atomic mass is 16.5. The number of fused-ring (bicyclic) bond motifs is 1. The molecule has 4 aromatic heterocycles. The number of aromatic nitrogens is 6. The van der Waals surface area contributed by atoms with Crippen LogP contribution in [0, 0.1) is 6.92 Å². The summed E-state index contributed by atoms with van der Waals surface area (Å²) in [6.45, 7) is 6.97. The molecule has 1 aromatic carbocycles. The van der Waals surface area contributed by atoms with E-state index in [0.717, 1.165) is 51.8 Å². The van der Waals surface area contributed by atoms with Gasteiger partial charge in [-0.1, -0.05) is 18.7 Å². The first-order valence-electron chi connectivity index (χ1n) is 13.2. The molecule has 5 heterocycles. The molecule has 5 aromatic rings. The lowest BCUT2D eigenvalue weighted by molar-refractivity contribution is -0.127. The lowest BCUT2D eigenvalue weighted by atomic mass is 10.00. The molecule has 1 aliphatic rings. The van der Waals surface area contributed by atoms with Crippen molar-refractivity contribution in [2.24, 2.45) is 7.05 Å².